The minimum Gasteiger partial charge on any atom is -0.296 e. The largest absolute Gasteiger partial charge is 0.296 e. The molecule has 0 aliphatic carbocycles. The first kappa shape index (κ1) is 20.0. The van der Waals surface area contributed by atoms with E-state index in [-0.39, 0.29) is 11.7 Å². The fourth-order valence-electron chi connectivity index (χ4n) is 2.64. The van der Waals surface area contributed by atoms with Gasteiger partial charge in [-0.1, -0.05) is 41.3 Å². The van der Waals surface area contributed by atoms with Crippen molar-refractivity contribution in [3.8, 4) is 0 Å². The van der Waals surface area contributed by atoms with E-state index in [9.17, 15) is 13.2 Å². The van der Waals surface area contributed by atoms with Gasteiger partial charge in [-0.15, -0.1) is 16.8 Å². The highest BCUT2D eigenvalue weighted by molar-refractivity contribution is 8.01. The van der Waals surface area contributed by atoms with Crippen LogP contribution in [-0.4, -0.2) is 47.7 Å². The molecule has 0 spiro atoms. The molecule has 7 nitrogen and oxygen atoms in total. The van der Waals surface area contributed by atoms with Crippen LogP contribution in [0.4, 0.5) is 5.13 Å². The van der Waals surface area contributed by atoms with Gasteiger partial charge in [0, 0.05) is 24.4 Å². The molecule has 1 saturated heterocycles. The second-order valence-corrected chi connectivity index (χ2v) is 10.2. The summed E-state index contributed by atoms with van der Waals surface area (Å²) < 4.78 is 27.0. The van der Waals surface area contributed by atoms with Crippen molar-refractivity contribution in [3.05, 3.63) is 48.0 Å². The molecule has 0 bridgehead atoms. The van der Waals surface area contributed by atoms with Crippen LogP contribution in [0.2, 0.25) is 0 Å². The van der Waals surface area contributed by atoms with E-state index < -0.39 is 10.0 Å². The Morgan fingerprint density at radius 3 is 2.63 bits per heavy atom. The predicted octanol–water partition coefficient (Wildman–Crippen LogP) is 2.99. The first-order chi connectivity index (χ1) is 13.0. The van der Waals surface area contributed by atoms with Gasteiger partial charge in [-0.2, -0.15) is 0 Å². The molecule has 1 fully saturated rings. The Labute approximate surface area is 166 Å². The fraction of sp³-hybridized carbons (Fsp3) is 0.353. The zero-order chi connectivity index (χ0) is 19.3. The van der Waals surface area contributed by atoms with Gasteiger partial charge in [0.05, 0.1) is 5.75 Å². The Balaban J connectivity index is 1.60. The van der Waals surface area contributed by atoms with E-state index in [1.807, 2.05) is 0 Å². The van der Waals surface area contributed by atoms with Crippen LogP contribution in [0.25, 0.3) is 0 Å². The molecule has 0 unspecified atom stereocenters. The maximum absolute atomic E-state index is 12.4. The van der Waals surface area contributed by atoms with Crippen molar-refractivity contribution in [2.24, 2.45) is 0 Å². The summed E-state index contributed by atoms with van der Waals surface area (Å²) in [5.74, 6) is 0.375. The number of nitrogens with zero attached hydrogens (tertiary/aromatic N) is 3. The van der Waals surface area contributed by atoms with Gasteiger partial charge in [0.1, 0.15) is 0 Å². The lowest BCUT2D eigenvalue weighted by atomic mass is 10.1. The number of carbonyl (C=O) groups excluding carboxylic acids is 1. The van der Waals surface area contributed by atoms with Gasteiger partial charge in [0.2, 0.25) is 15.2 Å². The van der Waals surface area contributed by atoms with Crippen LogP contribution >= 0.6 is 23.1 Å². The van der Waals surface area contributed by atoms with Gasteiger partial charge < -0.3 is 0 Å². The maximum atomic E-state index is 12.4. The minimum absolute atomic E-state index is 0.0464. The van der Waals surface area contributed by atoms with E-state index in [0.717, 1.165) is 22.9 Å². The highest BCUT2D eigenvalue weighted by Crippen LogP contribution is 2.25. The number of benzene rings is 1. The van der Waals surface area contributed by atoms with Crippen LogP contribution in [0.3, 0.4) is 0 Å². The molecule has 10 heteroatoms. The van der Waals surface area contributed by atoms with Gasteiger partial charge >= 0.3 is 0 Å². The lowest BCUT2D eigenvalue weighted by molar-refractivity contribution is 0.102. The predicted molar refractivity (Wildman–Crippen MR) is 109 cm³/mol. The summed E-state index contributed by atoms with van der Waals surface area (Å²) in [7, 11) is -3.29. The van der Waals surface area contributed by atoms with Gasteiger partial charge in [-0.25, -0.2) is 12.7 Å². The average molecular weight is 425 g/mol. The first-order valence-corrected chi connectivity index (χ1v) is 11.8. The molecule has 1 aromatic carbocycles. The molecule has 1 aromatic heterocycles. The molecule has 144 valence electrons. The normalized spacial score (nSPS) is 15.0. The Morgan fingerprint density at radius 1 is 1.26 bits per heavy atom. The Bertz CT molecular complexity index is 904. The topological polar surface area (TPSA) is 92.3 Å². The van der Waals surface area contributed by atoms with E-state index in [1.54, 1.807) is 30.3 Å². The molecule has 2 heterocycles. The Morgan fingerprint density at radius 2 is 1.96 bits per heavy atom. The molecule has 27 heavy (non-hydrogen) atoms. The average Bonchev–Trinajstić information content (AvgIpc) is 3.32. The van der Waals surface area contributed by atoms with Crippen molar-refractivity contribution in [2.45, 2.75) is 22.9 Å². The Hall–Kier alpha value is -1.75. The minimum atomic E-state index is -3.29. The summed E-state index contributed by atoms with van der Waals surface area (Å²) in [5, 5.41) is 11.1. The lowest BCUT2D eigenvalue weighted by Gasteiger charge is -2.15. The highest BCUT2D eigenvalue weighted by atomic mass is 32.2. The first-order valence-electron chi connectivity index (χ1n) is 8.43. The SMILES string of the molecule is C=CCSc1nnc(NC(=O)c2ccc(CS(=O)(=O)N3CCCC3)cc2)s1. The fourth-order valence-corrected chi connectivity index (χ4v) is 5.76. The lowest BCUT2D eigenvalue weighted by Crippen LogP contribution is -2.29. The highest BCUT2D eigenvalue weighted by Gasteiger charge is 2.25. The summed E-state index contributed by atoms with van der Waals surface area (Å²) in [6.07, 6.45) is 3.60. The molecule has 1 N–H and O–H groups in total. The summed E-state index contributed by atoms with van der Waals surface area (Å²) >= 11 is 2.79. The number of aromatic nitrogens is 2. The van der Waals surface area contributed by atoms with Crippen molar-refractivity contribution >= 4 is 44.2 Å². The molecule has 0 radical (unpaired) electrons. The molecular weight excluding hydrogens is 404 g/mol. The molecular formula is C17H20N4O3S3. The van der Waals surface area contributed by atoms with Crippen LogP contribution in [0.15, 0.2) is 41.3 Å². The second kappa shape index (κ2) is 8.96. The van der Waals surface area contributed by atoms with Gasteiger partial charge in [0.15, 0.2) is 4.34 Å². The number of carbonyl (C=O) groups is 1. The Kier molecular flexibility index (Phi) is 6.64. The number of nitrogens with one attached hydrogen (secondary N) is 1. The second-order valence-electron chi connectivity index (χ2n) is 5.99. The standard InChI is InChI=1S/C17H20N4O3S3/c1-2-11-25-17-20-19-16(26-17)18-15(22)14-7-5-13(6-8-14)12-27(23,24)21-9-3-4-10-21/h2,5-8H,1,3-4,9-12H2,(H,18,19,22). The zero-order valence-electron chi connectivity index (χ0n) is 14.6. The smallest absolute Gasteiger partial charge is 0.257 e. The number of hydrogen-bond acceptors (Lipinski definition) is 7. The number of rotatable bonds is 8. The summed E-state index contributed by atoms with van der Waals surface area (Å²) in [5.41, 5.74) is 1.10. The van der Waals surface area contributed by atoms with Gasteiger partial charge in [0.25, 0.3) is 5.91 Å². The van der Waals surface area contributed by atoms with Crippen LogP contribution in [0.1, 0.15) is 28.8 Å². The monoisotopic (exact) mass is 424 g/mol. The third-order valence-corrected chi connectivity index (χ3v) is 7.79. The molecule has 0 atom stereocenters. The van der Waals surface area contributed by atoms with E-state index in [0.29, 0.717) is 29.3 Å². The summed E-state index contributed by atoms with van der Waals surface area (Å²) in [4.78, 5) is 12.3. The molecule has 1 aliphatic rings. The van der Waals surface area contributed by atoms with Crippen molar-refractivity contribution in [2.75, 3.05) is 24.2 Å². The molecule has 1 amide bonds. The number of anilines is 1. The van der Waals surface area contributed by atoms with E-state index in [1.165, 1.54) is 27.4 Å². The van der Waals surface area contributed by atoms with Gasteiger partial charge in [-0.05, 0) is 30.5 Å². The van der Waals surface area contributed by atoms with Crippen LogP contribution in [-0.2, 0) is 15.8 Å². The summed E-state index contributed by atoms with van der Waals surface area (Å²) in [6.45, 7) is 4.84. The van der Waals surface area contributed by atoms with E-state index in [4.69, 9.17) is 0 Å². The summed E-state index contributed by atoms with van der Waals surface area (Å²) in [6, 6.07) is 6.60. The van der Waals surface area contributed by atoms with Crippen molar-refractivity contribution in [1.82, 2.24) is 14.5 Å². The van der Waals surface area contributed by atoms with E-state index >= 15 is 0 Å². The molecule has 0 saturated carbocycles. The number of amides is 1. The number of thioether (sulfide) groups is 1. The molecule has 1 aliphatic heterocycles. The number of hydrogen-bond donors (Lipinski definition) is 1. The molecule has 2 aromatic rings. The van der Waals surface area contributed by atoms with Crippen LogP contribution in [0.5, 0.6) is 0 Å². The maximum Gasteiger partial charge on any atom is 0.257 e. The van der Waals surface area contributed by atoms with Crippen molar-refractivity contribution in [3.63, 3.8) is 0 Å². The van der Waals surface area contributed by atoms with Crippen molar-refractivity contribution in [1.29, 1.82) is 0 Å². The van der Waals surface area contributed by atoms with Crippen molar-refractivity contribution < 1.29 is 13.2 Å². The number of sulfonamides is 1. The van der Waals surface area contributed by atoms with Gasteiger partial charge in [-0.3, -0.25) is 10.1 Å². The third kappa shape index (κ3) is 5.38. The van der Waals surface area contributed by atoms with Crippen LogP contribution < -0.4 is 5.32 Å². The zero-order valence-corrected chi connectivity index (χ0v) is 17.1. The van der Waals surface area contributed by atoms with Crippen LogP contribution in [0, 0.1) is 0 Å². The van der Waals surface area contributed by atoms with E-state index in [2.05, 4.69) is 22.1 Å². The molecule has 3 rings (SSSR count). The third-order valence-electron chi connectivity index (χ3n) is 3.98. The quantitative estimate of drug-likeness (QED) is 0.398.